The number of piperidine rings is 1. The van der Waals surface area contributed by atoms with Gasteiger partial charge in [0.25, 0.3) is 11.5 Å². The lowest BCUT2D eigenvalue weighted by atomic mass is 9.95. The molecule has 2 unspecified atom stereocenters. The number of pyridine rings is 1. The highest BCUT2D eigenvalue weighted by Crippen LogP contribution is 2.19. The zero-order valence-electron chi connectivity index (χ0n) is 18.6. The Morgan fingerprint density at radius 3 is 2.55 bits per heavy atom. The summed E-state index contributed by atoms with van der Waals surface area (Å²) in [6.45, 7) is 1.03. The summed E-state index contributed by atoms with van der Waals surface area (Å²) in [5, 5.41) is 2.80. The van der Waals surface area contributed by atoms with E-state index in [2.05, 4.69) is 5.32 Å². The number of carbonyl (C=O) groups is 3. The molecule has 1 radical (unpaired) electrons. The van der Waals surface area contributed by atoms with Gasteiger partial charge in [-0.05, 0) is 43.2 Å². The lowest BCUT2D eigenvalue weighted by Crippen LogP contribution is -2.64. The van der Waals surface area contributed by atoms with E-state index in [0.29, 0.717) is 37.4 Å². The first-order valence-corrected chi connectivity index (χ1v) is 10.6. The SMILES string of the molecule is COCCN(C)C(=O)N1CC[CH]C(NC(=O)c2ccc(-n3ccccc3=O)cc2)C1C(N)=O. The zero-order valence-corrected chi connectivity index (χ0v) is 18.6. The van der Waals surface area contributed by atoms with E-state index < -0.39 is 23.9 Å². The van der Waals surface area contributed by atoms with Crippen molar-refractivity contribution in [2.24, 2.45) is 5.73 Å². The van der Waals surface area contributed by atoms with Crippen LogP contribution in [0.3, 0.4) is 0 Å². The van der Waals surface area contributed by atoms with Crippen molar-refractivity contribution < 1.29 is 19.1 Å². The van der Waals surface area contributed by atoms with Crippen LogP contribution < -0.4 is 16.6 Å². The van der Waals surface area contributed by atoms with Crippen molar-refractivity contribution in [1.82, 2.24) is 19.7 Å². The molecule has 1 aliphatic heterocycles. The van der Waals surface area contributed by atoms with Crippen LogP contribution in [-0.2, 0) is 9.53 Å². The standard InChI is InChI=1S/C23H28N5O5/c1-26(14-15-33-2)23(32)28-13-5-6-18(20(28)21(24)30)25-22(31)16-8-10-17(11-9-16)27-12-4-3-7-19(27)29/h3-4,6-12,18,20H,5,13-15H2,1-2H3,(H2,24,30)(H,25,31). The van der Waals surface area contributed by atoms with Crippen LogP contribution in [0, 0.1) is 6.42 Å². The molecule has 4 amide bonds. The van der Waals surface area contributed by atoms with E-state index in [4.69, 9.17) is 10.5 Å². The Bertz CT molecular complexity index is 1050. The van der Waals surface area contributed by atoms with Gasteiger partial charge < -0.3 is 25.6 Å². The zero-order chi connectivity index (χ0) is 24.0. The molecule has 2 aromatic rings. The highest BCUT2D eigenvalue weighted by molar-refractivity contribution is 5.96. The van der Waals surface area contributed by atoms with Crippen molar-refractivity contribution in [2.75, 3.05) is 33.9 Å². The molecule has 10 heteroatoms. The summed E-state index contributed by atoms with van der Waals surface area (Å²) in [4.78, 5) is 52.8. The molecule has 0 aliphatic carbocycles. The van der Waals surface area contributed by atoms with Gasteiger partial charge in [-0.2, -0.15) is 0 Å². The Hall–Kier alpha value is -3.66. The van der Waals surface area contributed by atoms with Gasteiger partial charge in [0.2, 0.25) is 5.91 Å². The van der Waals surface area contributed by atoms with Gasteiger partial charge in [0, 0.05) is 50.8 Å². The smallest absolute Gasteiger partial charge is 0.320 e. The molecule has 0 spiro atoms. The van der Waals surface area contributed by atoms with Crippen molar-refractivity contribution in [1.29, 1.82) is 0 Å². The van der Waals surface area contributed by atoms with Gasteiger partial charge in [0.1, 0.15) is 6.04 Å². The lowest BCUT2D eigenvalue weighted by molar-refractivity contribution is -0.123. The fraction of sp³-hybridized carbons (Fsp3) is 0.348. The number of primary amides is 1. The third-order valence-electron chi connectivity index (χ3n) is 5.49. The molecular formula is C23H28N5O5. The average Bonchev–Trinajstić information content (AvgIpc) is 2.82. The molecule has 10 nitrogen and oxygen atoms in total. The number of carbonyl (C=O) groups excluding carboxylic acids is 3. The first kappa shape index (κ1) is 24.0. The number of nitrogens with one attached hydrogen (secondary N) is 1. The van der Waals surface area contributed by atoms with Crippen LogP contribution in [0.5, 0.6) is 0 Å². The first-order valence-electron chi connectivity index (χ1n) is 10.6. The number of amides is 4. The van der Waals surface area contributed by atoms with Crippen LogP contribution in [0.15, 0.2) is 53.5 Å². The minimum Gasteiger partial charge on any atom is -0.383 e. The molecule has 33 heavy (non-hydrogen) atoms. The Kier molecular flexibility index (Phi) is 7.83. The summed E-state index contributed by atoms with van der Waals surface area (Å²) in [6.07, 6.45) is 3.92. The second-order valence-electron chi connectivity index (χ2n) is 7.72. The number of likely N-dealkylation sites (N-methyl/N-ethyl adjacent to an activating group) is 1. The van der Waals surface area contributed by atoms with Crippen LogP contribution >= 0.6 is 0 Å². The maximum Gasteiger partial charge on any atom is 0.320 e. The number of ether oxygens (including phenoxy) is 1. The molecule has 2 atom stereocenters. The minimum absolute atomic E-state index is 0.184. The Morgan fingerprint density at radius 1 is 1.18 bits per heavy atom. The highest BCUT2D eigenvalue weighted by Gasteiger charge is 2.40. The molecule has 1 saturated heterocycles. The van der Waals surface area contributed by atoms with Crippen LogP contribution in [-0.4, -0.2) is 78.1 Å². The van der Waals surface area contributed by atoms with Gasteiger partial charge in [-0.25, -0.2) is 4.79 Å². The predicted molar refractivity (Wildman–Crippen MR) is 122 cm³/mol. The van der Waals surface area contributed by atoms with E-state index in [9.17, 15) is 19.2 Å². The Labute approximate surface area is 191 Å². The maximum absolute atomic E-state index is 12.9. The number of urea groups is 1. The number of rotatable bonds is 7. The van der Waals surface area contributed by atoms with Gasteiger partial charge >= 0.3 is 6.03 Å². The van der Waals surface area contributed by atoms with Crippen molar-refractivity contribution in [3.05, 3.63) is 71.0 Å². The molecule has 0 saturated carbocycles. The van der Waals surface area contributed by atoms with Gasteiger partial charge in [0.05, 0.1) is 12.6 Å². The quantitative estimate of drug-likeness (QED) is 0.626. The van der Waals surface area contributed by atoms with Crippen LogP contribution in [0.2, 0.25) is 0 Å². The van der Waals surface area contributed by atoms with Crippen molar-refractivity contribution in [2.45, 2.75) is 18.5 Å². The monoisotopic (exact) mass is 454 g/mol. The number of methoxy groups -OCH3 is 1. The molecule has 1 fully saturated rings. The van der Waals surface area contributed by atoms with Gasteiger partial charge in [-0.3, -0.25) is 19.0 Å². The van der Waals surface area contributed by atoms with E-state index in [1.54, 1.807) is 56.1 Å². The molecule has 1 aromatic heterocycles. The molecule has 3 N–H and O–H groups in total. The van der Waals surface area contributed by atoms with Crippen molar-refractivity contribution >= 4 is 17.8 Å². The summed E-state index contributed by atoms with van der Waals surface area (Å²) >= 11 is 0. The van der Waals surface area contributed by atoms with Crippen LogP contribution in [0.25, 0.3) is 5.69 Å². The average molecular weight is 455 g/mol. The van der Waals surface area contributed by atoms with E-state index in [1.165, 1.54) is 27.5 Å². The van der Waals surface area contributed by atoms with E-state index in [-0.39, 0.29) is 11.6 Å². The number of hydrogen-bond donors (Lipinski definition) is 2. The number of benzene rings is 1. The Morgan fingerprint density at radius 2 is 1.91 bits per heavy atom. The van der Waals surface area contributed by atoms with Gasteiger partial charge in [-0.1, -0.05) is 6.07 Å². The fourth-order valence-corrected chi connectivity index (χ4v) is 3.73. The molecule has 175 valence electrons. The Balaban J connectivity index is 1.73. The summed E-state index contributed by atoms with van der Waals surface area (Å²) in [7, 11) is 3.15. The maximum atomic E-state index is 12.9. The molecule has 3 rings (SSSR count). The van der Waals surface area contributed by atoms with Gasteiger partial charge in [0.15, 0.2) is 0 Å². The minimum atomic E-state index is -1.01. The van der Waals surface area contributed by atoms with Crippen LogP contribution in [0.1, 0.15) is 16.8 Å². The normalized spacial score (nSPS) is 17.9. The first-order chi connectivity index (χ1) is 15.8. The number of nitrogens with zero attached hydrogens (tertiary/aromatic N) is 3. The summed E-state index contributed by atoms with van der Waals surface area (Å²) in [5.41, 5.74) is 6.40. The van der Waals surface area contributed by atoms with Gasteiger partial charge in [-0.15, -0.1) is 0 Å². The third-order valence-corrected chi connectivity index (χ3v) is 5.49. The molecule has 2 heterocycles. The fourth-order valence-electron chi connectivity index (χ4n) is 3.73. The van der Waals surface area contributed by atoms with E-state index in [1.807, 2.05) is 0 Å². The van der Waals surface area contributed by atoms with E-state index >= 15 is 0 Å². The number of likely N-dealkylation sites (tertiary alicyclic amines) is 1. The molecular weight excluding hydrogens is 426 g/mol. The molecule has 1 aliphatic rings. The van der Waals surface area contributed by atoms with Crippen LogP contribution in [0.4, 0.5) is 4.79 Å². The highest BCUT2D eigenvalue weighted by atomic mass is 16.5. The number of aromatic nitrogens is 1. The second kappa shape index (κ2) is 10.8. The van der Waals surface area contributed by atoms with Crippen molar-refractivity contribution in [3.8, 4) is 5.69 Å². The molecule has 0 bridgehead atoms. The summed E-state index contributed by atoms with van der Waals surface area (Å²) in [6, 6.07) is 9.23. The van der Waals surface area contributed by atoms with E-state index in [0.717, 1.165) is 0 Å². The number of nitrogens with two attached hydrogens (primary N) is 1. The summed E-state index contributed by atoms with van der Waals surface area (Å²) < 4.78 is 6.47. The topological polar surface area (TPSA) is 127 Å². The largest absolute Gasteiger partial charge is 0.383 e. The molecule has 1 aromatic carbocycles. The lowest BCUT2D eigenvalue weighted by Gasteiger charge is -2.41. The second-order valence-corrected chi connectivity index (χ2v) is 7.72. The summed E-state index contributed by atoms with van der Waals surface area (Å²) in [5.74, 6) is -1.12. The number of hydrogen-bond acceptors (Lipinski definition) is 5. The predicted octanol–water partition coefficient (Wildman–Crippen LogP) is 0.398. The van der Waals surface area contributed by atoms with Crippen molar-refractivity contribution in [3.63, 3.8) is 0 Å². The third kappa shape index (κ3) is 5.58.